The second kappa shape index (κ2) is 10.4. The van der Waals surface area contributed by atoms with Crippen LogP contribution in [0.25, 0.3) is 0 Å². The molecule has 0 N–H and O–H groups in total. The van der Waals surface area contributed by atoms with Crippen molar-refractivity contribution in [2.45, 2.75) is 64.4 Å². The number of rotatable bonds is 9. The number of ether oxygens (including phenoxy) is 1. The third kappa shape index (κ3) is 6.35. The predicted octanol–water partition coefficient (Wildman–Crippen LogP) is 6.41. The van der Waals surface area contributed by atoms with E-state index in [9.17, 15) is 0 Å². The van der Waals surface area contributed by atoms with E-state index in [1.807, 2.05) is 19.1 Å². The Morgan fingerprint density at radius 3 is 2.52 bits per heavy atom. The molecule has 0 atom stereocenters. The van der Waals surface area contributed by atoms with Gasteiger partial charge < -0.3 is 4.74 Å². The van der Waals surface area contributed by atoms with E-state index >= 15 is 0 Å². The average Bonchev–Trinajstić information content (AvgIpc) is 2.60. The predicted molar refractivity (Wildman–Crippen MR) is 99.7 cm³/mol. The molecule has 0 bridgehead atoms. The van der Waals surface area contributed by atoms with Crippen molar-refractivity contribution in [2.75, 3.05) is 6.61 Å². The Labute approximate surface area is 142 Å². The number of hydrogen-bond acceptors (Lipinski definition) is 1. The van der Waals surface area contributed by atoms with Crippen LogP contribution >= 0.6 is 0 Å². The van der Waals surface area contributed by atoms with E-state index in [1.165, 1.54) is 56.1 Å². The largest absolute Gasteiger partial charge is 0.373 e. The van der Waals surface area contributed by atoms with Crippen molar-refractivity contribution in [1.29, 1.82) is 0 Å². The van der Waals surface area contributed by atoms with Crippen molar-refractivity contribution in [3.05, 3.63) is 60.2 Å². The quantitative estimate of drug-likeness (QED) is 0.378. The van der Waals surface area contributed by atoms with Crippen LogP contribution in [-0.2, 0) is 11.3 Å². The summed E-state index contributed by atoms with van der Waals surface area (Å²) >= 11 is 0. The first kappa shape index (κ1) is 18.0. The fraction of sp³-hybridized carbons (Fsp3) is 0.545. The van der Waals surface area contributed by atoms with Gasteiger partial charge in [-0.3, -0.25) is 0 Å². The van der Waals surface area contributed by atoms with Gasteiger partial charge in [-0.15, -0.1) is 6.58 Å². The Hall–Kier alpha value is -1.34. The van der Waals surface area contributed by atoms with Gasteiger partial charge in [0, 0.05) is 0 Å². The van der Waals surface area contributed by atoms with Gasteiger partial charge in [-0.25, -0.2) is 0 Å². The summed E-state index contributed by atoms with van der Waals surface area (Å²) in [5.74, 6) is 1.72. The van der Waals surface area contributed by atoms with Gasteiger partial charge in [0.05, 0.1) is 13.2 Å². The molecule has 0 aromatic heterocycles. The van der Waals surface area contributed by atoms with Crippen LogP contribution in [0.5, 0.6) is 0 Å². The molecule has 0 amide bonds. The molecule has 23 heavy (non-hydrogen) atoms. The highest BCUT2D eigenvalue weighted by Crippen LogP contribution is 2.37. The molecule has 0 unspecified atom stereocenters. The molecule has 1 aromatic carbocycles. The molecule has 2 rings (SSSR count). The maximum absolute atomic E-state index is 5.61. The molecule has 1 aliphatic carbocycles. The molecule has 1 saturated carbocycles. The fourth-order valence-electron chi connectivity index (χ4n) is 3.56. The zero-order valence-electron chi connectivity index (χ0n) is 14.7. The molecule has 0 aliphatic heterocycles. The van der Waals surface area contributed by atoms with Gasteiger partial charge in [-0.05, 0) is 68.4 Å². The Balaban J connectivity index is 1.74. The van der Waals surface area contributed by atoms with Crippen LogP contribution in [0.1, 0.15) is 68.9 Å². The molecule has 0 spiro atoms. The molecule has 126 valence electrons. The molecule has 1 aliphatic rings. The molecule has 1 nitrogen and oxygen atoms in total. The minimum Gasteiger partial charge on any atom is -0.373 e. The summed E-state index contributed by atoms with van der Waals surface area (Å²) in [6.45, 7) is 7.25. The Kier molecular flexibility index (Phi) is 8.17. The van der Waals surface area contributed by atoms with E-state index < -0.39 is 0 Å². The number of allylic oxidation sites excluding steroid dienone is 2. The van der Waals surface area contributed by atoms with E-state index in [4.69, 9.17) is 4.74 Å². The van der Waals surface area contributed by atoms with Gasteiger partial charge in [0.2, 0.25) is 0 Å². The number of hydrogen-bond donors (Lipinski definition) is 0. The lowest BCUT2D eigenvalue weighted by Gasteiger charge is -2.29. The van der Waals surface area contributed by atoms with Crippen molar-refractivity contribution in [2.24, 2.45) is 5.92 Å². The second-order valence-corrected chi connectivity index (χ2v) is 6.76. The van der Waals surface area contributed by atoms with Crippen LogP contribution < -0.4 is 0 Å². The third-order valence-corrected chi connectivity index (χ3v) is 5.04. The minimum atomic E-state index is 0.702. The fourth-order valence-corrected chi connectivity index (χ4v) is 3.56. The van der Waals surface area contributed by atoms with Gasteiger partial charge >= 0.3 is 0 Å². The Bertz CT molecular complexity index is 463. The smallest absolute Gasteiger partial charge is 0.0721 e. The topological polar surface area (TPSA) is 9.23 Å². The summed E-state index contributed by atoms with van der Waals surface area (Å²) in [7, 11) is 0. The van der Waals surface area contributed by atoms with Gasteiger partial charge in [0.15, 0.2) is 0 Å². The molecule has 0 saturated heterocycles. The average molecular weight is 312 g/mol. The maximum Gasteiger partial charge on any atom is 0.0721 e. The summed E-state index contributed by atoms with van der Waals surface area (Å²) in [6.07, 6.45) is 15.5. The second-order valence-electron chi connectivity index (χ2n) is 6.76. The van der Waals surface area contributed by atoms with Crippen LogP contribution in [0, 0.1) is 5.92 Å². The first-order valence-electron chi connectivity index (χ1n) is 9.22. The summed E-state index contributed by atoms with van der Waals surface area (Å²) in [6, 6.07) is 9.11. The minimum absolute atomic E-state index is 0.702. The zero-order chi connectivity index (χ0) is 16.3. The lowest BCUT2D eigenvalue weighted by Crippen LogP contribution is -2.13. The van der Waals surface area contributed by atoms with E-state index in [1.54, 1.807) is 0 Å². The summed E-state index contributed by atoms with van der Waals surface area (Å²) in [5.41, 5.74) is 2.79. The number of benzene rings is 1. The SMILES string of the molecule is C=CCCCC1CCC(c2ccc(COCC=CC)cc2)CC1. The van der Waals surface area contributed by atoms with Crippen LogP contribution in [0.3, 0.4) is 0 Å². The first-order valence-corrected chi connectivity index (χ1v) is 9.22. The lowest BCUT2D eigenvalue weighted by atomic mass is 9.77. The summed E-state index contributed by atoms with van der Waals surface area (Å²) in [4.78, 5) is 0. The highest BCUT2D eigenvalue weighted by molar-refractivity contribution is 5.25. The molecular weight excluding hydrogens is 280 g/mol. The van der Waals surface area contributed by atoms with E-state index in [0.717, 1.165) is 11.8 Å². The van der Waals surface area contributed by atoms with Crippen molar-refractivity contribution < 1.29 is 4.74 Å². The van der Waals surface area contributed by atoms with E-state index in [2.05, 4.69) is 36.9 Å². The highest BCUT2D eigenvalue weighted by Gasteiger charge is 2.21. The normalized spacial score (nSPS) is 21.6. The molecule has 0 radical (unpaired) electrons. The summed E-state index contributed by atoms with van der Waals surface area (Å²) in [5, 5.41) is 0. The van der Waals surface area contributed by atoms with Gasteiger partial charge in [0.1, 0.15) is 0 Å². The van der Waals surface area contributed by atoms with Crippen LogP contribution in [0.4, 0.5) is 0 Å². The van der Waals surface area contributed by atoms with Crippen LogP contribution in [-0.4, -0.2) is 6.61 Å². The molecule has 1 fully saturated rings. The number of unbranched alkanes of at least 4 members (excludes halogenated alkanes) is 1. The monoisotopic (exact) mass is 312 g/mol. The van der Waals surface area contributed by atoms with Gasteiger partial charge in [0.25, 0.3) is 0 Å². The van der Waals surface area contributed by atoms with Gasteiger partial charge in [-0.1, -0.05) is 48.9 Å². The highest BCUT2D eigenvalue weighted by atomic mass is 16.5. The van der Waals surface area contributed by atoms with Crippen molar-refractivity contribution in [1.82, 2.24) is 0 Å². The maximum atomic E-state index is 5.61. The zero-order valence-corrected chi connectivity index (χ0v) is 14.7. The van der Waals surface area contributed by atoms with E-state index in [-0.39, 0.29) is 0 Å². The van der Waals surface area contributed by atoms with Crippen molar-refractivity contribution in [3.63, 3.8) is 0 Å². The van der Waals surface area contributed by atoms with Gasteiger partial charge in [-0.2, -0.15) is 0 Å². The molecule has 0 heterocycles. The first-order chi connectivity index (χ1) is 11.3. The summed E-state index contributed by atoms with van der Waals surface area (Å²) < 4.78 is 5.61. The molecule has 1 aromatic rings. The standard InChI is InChI=1S/C22H32O/c1-3-5-7-8-19-9-13-21(14-10-19)22-15-11-20(12-16-22)18-23-17-6-4-2/h3-4,6,11-12,15-16,19,21H,1,5,7-10,13-14,17-18H2,2H3. The lowest BCUT2D eigenvalue weighted by molar-refractivity contribution is 0.148. The van der Waals surface area contributed by atoms with Crippen LogP contribution in [0.2, 0.25) is 0 Å². The van der Waals surface area contributed by atoms with Crippen molar-refractivity contribution in [3.8, 4) is 0 Å². The molecule has 1 heteroatoms. The van der Waals surface area contributed by atoms with Crippen molar-refractivity contribution >= 4 is 0 Å². The Morgan fingerprint density at radius 2 is 1.87 bits per heavy atom. The third-order valence-electron chi connectivity index (χ3n) is 5.04. The molecular formula is C22H32O. The van der Waals surface area contributed by atoms with E-state index in [0.29, 0.717) is 13.2 Å². The van der Waals surface area contributed by atoms with Crippen LogP contribution in [0.15, 0.2) is 49.1 Å². The Morgan fingerprint density at radius 1 is 1.13 bits per heavy atom.